The molecule has 1 heterocycles. The molecule has 2 rings (SSSR count). The number of anilines is 1. The van der Waals surface area contributed by atoms with Gasteiger partial charge >= 0.3 is 6.01 Å². The molecule has 0 aliphatic heterocycles. The third-order valence-electron chi connectivity index (χ3n) is 3.81. The molecule has 1 aromatic heterocycles. The normalized spacial score (nSPS) is 23.1. The van der Waals surface area contributed by atoms with Crippen molar-refractivity contribution in [3.8, 4) is 6.01 Å². The Labute approximate surface area is 118 Å². The van der Waals surface area contributed by atoms with E-state index in [-0.39, 0.29) is 0 Å². The number of nitrogens with zero attached hydrogens (tertiary/aromatic N) is 2. The number of ether oxygens (including phenoxy) is 1. The monoisotopic (exact) mass is 284 g/mol. The Morgan fingerprint density at radius 1 is 1.42 bits per heavy atom. The molecule has 1 saturated carbocycles. The summed E-state index contributed by atoms with van der Waals surface area (Å²) in [5.41, 5.74) is 5.84. The van der Waals surface area contributed by atoms with E-state index >= 15 is 0 Å². The summed E-state index contributed by atoms with van der Waals surface area (Å²) < 4.78 is 5.00. The average molecular weight is 285 g/mol. The summed E-state index contributed by atoms with van der Waals surface area (Å²) in [6.45, 7) is 1.61. The highest BCUT2D eigenvalue weighted by Crippen LogP contribution is 2.30. The number of nitrogens with two attached hydrogens (primary N) is 1. The Balaban J connectivity index is 1.97. The highest BCUT2D eigenvalue weighted by Gasteiger charge is 2.24. The maximum Gasteiger partial charge on any atom is 0.318 e. The van der Waals surface area contributed by atoms with Gasteiger partial charge in [0.25, 0.3) is 0 Å². The van der Waals surface area contributed by atoms with E-state index in [9.17, 15) is 0 Å². The largest absolute Gasteiger partial charge is 0.467 e. The summed E-state index contributed by atoms with van der Waals surface area (Å²) in [6.07, 6.45) is 6.57. The minimum atomic E-state index is 0.325. The first kappa shape index (κ1) is 14.3. The van der Waals surface area contributed by atoms with Crippen molar-refractivity contribution in [1.82, 2.24) is 9.97 Å². The van der Waals surface area contributed by atoms with Crippen LogP contribution in [0, 0.1) is 11.8 Å². The molecule has 2 atom stereocenters. The summed E-state index contributed by atoms with van der Waals surface area (Å²) in [7, 11) is 1.54. The molecule has 1 aromatic rings. The number of nitrogens with one attached hydrogen (secondary N) is 1. The summed E-state index contributed by atoms with van der Waals surface area (Å²) in [5, 5.41) is 3.82. The number of methoxy groups -OCH3 is 1. The van der Waals surface area contributed by atoms with E-state index in [2.05, 4.69) is 15.3 Å². The summed E-state index contributed by atoms with van der Waals surface area (Å²) in [5.74, 6) is 1.83. The Hall–Kier alpha value is -1.07. The Morgan fingerprint density at radius 2 is 2.16 bits per heavy atom. The van der Waals surface area contributed by atoms with Crippen molar-refractivity contribution >= 4 is 17.4 Å². The van der Waals surface area contributed by atoms with Crippen molar-refractivity contribution < 1.29 is 4.74 Å². The number of aromatic nitrogens is 2. The predicted octanol–water partition coefficient (Wildman–Crippen LogP) is 2.32. The molecule has 5 nitrogen and oxygen atoms in total. The second-order valence-corrected chi connectivity index (χ2v) is 5.38. The maximum atomic E-state index is 6.07. The van der Waals surface area contributed by atoms with Crippen LogP contribution in [0.3, 0.4) is 0 Å². The zero-order valence-electron chi connectivity index (χ0n) is 11.2. The standard InChI is InChI=1S/C13H21ClN4O/c1-19-13-17-8-11(14)12(18-13)16-7-10-5-3-2-4-9(10)6-15/h8-10H,2-7,15H2,1H3,(H,16,17,18). The second kappa shape index (κ2) is 6.91. The molecule has 1 aliphatic rings. The van der Waals surface area contributed by atoms with Gasteiger partial charge in [-0.25, -0.2) is 4.98 Å². The first-order chi connectivity index (χ1) is 9.24. The minimum absolute atomic E-state index is 0.325. The smallest absolute Gasteiger partial charge is 0.318 e. The van der Waals surface area contributed by atoms with Crippen LogP contribution in [0.1, 0.15) is 25.7 Å². The maximum absolute atomic E-state index is 6.07. The summed E-state index contributed by atoms with van der Waals surface area (Å²) in [4.78, 5) is 8.18. The molecule has 1 fully saturated rings. The Morgan fingerprint density at radius 3 is 2.84 bits per heavy atom. The van der Waals surface area contributed by atoms with E-state index < -0.39 is 0 Å². The van der Waals surface area contributed by atoms with Gasteiger partial charge in [0.2, 0.25) is 0 Å². The van der Waals surface area contributed by atoms with Crippen LogP contribution >= 0.6 is 11.6 Å². The molecule has 19 heavy (non-hydrogen) atoms. The molecule has 0 amide bonds. The average Bonchev–Trinajstić information content (AvgIpc) is 2.46. The zero-order valence-corrected chi connectivity index (χ0v) is 12.0. The van der Waals surface area contributed by atoms with Crippen LogP contribution in [-0.2, 0) is 0 Å². The van der Waals surface area contributed by atoms with Gasteiger partial charge in [-0.15, -0.1) is 0 Å². The number of hydrogen-bond donors (Lipinski definition) is 2. The van der Waals surface area contributed by atoms with Crippen molar-refractivity contribution in [2.24, 2.45) is 17.6 Å². The molecule has 0 saturated heterocycles. The van der Waals surface area contributed by atoms with Gasteiger partial charge in [0.05, 0.1) is 13.3 Å². The number of halogens is 1. The van der Waals surface area contributed by atoms with E-state index in [1.165, 1.54) is 25.7 Å². The van der Waals surface area contributed by atoms with Gasteiger partial charge in [-0.3, -0.25) is 0 Å². The van der Waals surface area contributed by atoms with Crippen molar-refractivity contribution in [2.45, 2.75) is 25.7 Å². The zero-order chi connectivity index (χ0) is 13.7. The lowest BCUT2D eigenvalue weighted by atomic mass is 9.79. The van der Waals surface area contributed by atoms with Crippen LogP contribution < -0.4 is 15.8 Å². The quantitative estimate of drug-likeness (QED) is 0.868. The topological polar surface area (TPSA) is 73.1 Å². The van der Waals surface area contributed by atoms with Crippen LogP contribution in [0.4, 0.5) is 5.82 Å². The predicted molar refractivity (Wildman–Crippen MR) is 76.6 cm³/mol. The molecule has 6 heteroatoms. The Kier molecular flexibility index (Phi) is 5.22. The van der Waals surface area contributed by atoms with Crippen LogP contribution in [0.15, 0.2) is 6.20 Å². The fraction of sp³-hybridized carbons (Fsp3) is 0.692. The molecule has 3 N–H and O–H groups in total. The van der Waals surface area contributed by atoms with Crippen LogP contribution in [0.5, 0.6) is 6.01 Å². The van der Waals surface area contributed by atoms with Crippen molar-refractivity contribution in [3.63, 3.8) is 0 Å². The third kappa shape index (κ3) is 3.70. The summed E-state index contributed by atoms with van der Waals surface area (Å²) >= 11 is 6.07. The van der Waals surface area contributed by atoms with Crippen molar-refractivity contribution in [3.05, 3.63) is 11.2 Å². The fourth-order valence-corrected chi connectivity index (χ4v) is 2.82. The fourth-order valence-electron chi connectivity index (χ4n) is 2.66. The van der Waals surface area contributed by atoms with E-state index in [0.29, 0.717) is 28.7 Å². The van der Waals surface area contributed by atoms with Crippen LogP contribution in [0.2, 0.25) is 5.02 Å². The van der Waals surface area contributed by atoms with Gasteiger partial charge in [-0.1, -0.05) is 24.4 Å². The first-order valence-corrected chi connectivity index (χ1v) is 7.13. The number of rotatable bonds is 5. The van der Waals surface area contributed by atoms with Crippen molar-refractivity contribution in [1.29, 1.82) is 0 Å². The second-order valence-electron chi connectivity index (χ2n) is 4.97. The van der Waals surface area contributed by atoms with Gasteiger partial charge < -0.3 is 15.8 Å². The highest BCUT2D eigenvalue weighted by atomic mass is 35.5. The van der Waals surface area contributed by atoms with E-state index in [1.54, 1.807) is 13.3 Å². The lowest BCUT2D eigenvalue weighted by Gasteiger charge is -2.30. The third-order valence-corrected chi connectivity index (χ3v) is 4.08. The minimum Gasteiger partial charge on any atom is -0.467 e. The van der Waals surface area contributed by atoms with Crippen LogP contribution in [0.25, 0.3) is 0 Å². The molecule has 0 bridgehead atoms. The molecule has 0 aromatic carbocycles. The molecule has 1 aliphatic carbocycles. The van der Waals surface area contributed by atoms with Gasteiger partial charge in [0.15, 0.2) is 5.82 Å². The lowest BCUT2D eigenvalue weighted by molar-refractivity contribution is 0.255. The van der Waals surface area contributed by atoms with E-state index in [4.69, 9.17) is 22.1 Å². The molecule has 0 radical (unpaired) electrons. The molecular weight excluding hydrogens is 264 g/mol. The van der Waals surface area contributed by atoms with Gasteiger partial charge in [0, 0.05) is 6.54 Å². The summed E-state index contributed by atoms with van der Waals surface area (Å²) in [6, 6.07) is 0.325. The van der Waals surface area contributed by atoms with Gasteiger partial charge in [-0.2, -0.15) is 4.98 Å². The van der Waals surface area contributed by atoms with Crippen LogP contribution in [-0.4, -0.2) is 30.2 Å². The van der Waals surface area contributed by atoms with Crippen molar-refractivity contribution in [2.75, 3.05) is 25.5 Å². The lowest BCUT2D eigenvalue weighted by Crippen LogP contribution is -2.31. The Bertz CT molecular complexity index is 416. The molecule has 106 valence electrons. The van der Waals surface area contributed by atoms with Gasteiger partial charge in [-0.05, 0) is 31.2 Å². The molecule has 2 unspecified atom stereocenters. The van der Waals surface area contributed by atoms with Gasteiger partial charge in [0.1, 0.15) is 5.02 Å². The SMILES string of the molecule is COc1ncc(Cl)c(NCC2CCCCC2CN)n1. The van der Waals surface area contributed by atoms with E-state index in [0.717, 1.165) is 13.1 Å². The number of hydrogen-bond acceptors (Lipinski definition) is 5. The first-order valence-electron chi connectivity index (χ1n) is 6.75. The highest BCUT2D eigenvalue weighted by molar-refractivity contribution is 6.32. The molecular formula is C13H21ClN4O. The van der Waals surface area contributed by atoms with E-state index in [1.807, 2.05) is 0 Å². The molecule has 0 spiro atoms.